The Morgan fingerprint density at radius 3 is 2.03 bits per heavy atom. The zero-order chi connectivity index (χ0) is 26.8. The molecule has 0 spiro atoms. The Labute approximate surface area is 204 Å². The molecule has 15 nitrogen and oxygen atoms in total. The number of likely N-dealkylation sites (N-methyl/N-ethyl adjacent to an activating group) is 1. The molecule has 2 aromatic carbocycles. The van der Waals surface area contributed by atoms with E-state index >= 15 is 0 Å². The van der Waals surface area contributed by atoms with Crippen LogP contribution in [0.25, 0.3) is 11.0 Å². The van der Waals surface area contributed by atoms with Crippen LogP contribution in [0.3, 0.4) is 0 Å². The van der Waals surface area contributed by atoms with Crippen molar-refractivity contribution in [3.05, 3.63) is 67.0 Å². The number of anilines is 1. The lowest BCUT2D eigenvalue weighted by Crippen LogP contribution is -2.28. The molecule has 0 atom stereocenters. The van der Waals surface area contributed by atoms with Crippen LogP contribution in [0.4, 0.5) is 22.7 Å². The van der Waals surface area contributed by atoms with E-state index in [1.54, 1.807) is 19.5 Å². The average molecular weight is 503 g/mol. The fourth-order valence-electron chi connectivity index (χ4n) is 3.16. The number of nitro groups is 3. The van der Waals surface area contributed by atoms with Crippen molar-refractivity contribution in [1.82, 2.24) is 14.9 Å². The summed E-state index contributed by atoms with van der Waals surface area (Å²) in [4.78, 5) is 38.9. The van der Waals surface area contributed by atoms with Crippen molar-refractivity contribution >= 4 is 33.8 Å². The minimum Gasteiger partial charge on any atom is -0.497 e. The number of aromatic nitrogens is 2. The minimum absolute atomic E-state index is 0.447. The highest BCUT2D eigenvalue weighted by Gasteiger charge is 2.30. The Kier molecular flexibility index (Phi) is 9.73. The number of phenols is 1. The number of fused-ring (bicyclic) bond motifs is 1. The minimum atomic E-state index is -1.21. The van der Waals surface area contributed by atoms with Gasteiger partial charge in [0.15, 0.2) is 0 Å². The topological polar surface area (TPSA) is 200 Å². The Bertz CT molecular complexity index is 1220. The van der Waals surface area contributed by atoms with Crippen molar-refractivity contribution in [3.8, 4) is 11.5 Å². The Morgan fingerprint density at radius 2 is 1.53 bits per heavy atom. The van der Waals surface area contributed by atoms with E-state index in [1.165, 1.54) is 0 Å². The van der Waals surface area contributed by atoms with Crippen LogP contribution in [0, 0.1) is 30.3 Å². The summed E-state index contributed by atoms with van der Waals surface area (Å²) in [6, 6.07) is 4.77. The molecule has 0 amide bonds. The van der Waals surface area contributed by atoms with E-state index in [0.29, 0.717) is 12.1 Å². The molecule has 0 fully saturated rings. The summed E-state index contributed by atoms with van der Waals surface area (Å²) in [6.07, 6.45) is 3.41. The number of nitrogens with one attached hydrogen (secondary N) is 1. The number of benzene rings is 2. The van der Waals surface area contributed by atoms with Crippen LogP contribution < -0.4 is 10.1 Å². The van der Waals surface area contributed by atoms with Gasteiger partial charge in [-0.25, -0.2) is 0 Å². The van der Waals surface area contributed by atoms with Gasteiger partial charge in [0.05, 0.1) is 45.2 Å². The number of hydrogen-bond acceptors (Lipinski definition) is 12. The number of hydrogen-bond donors (Lipinski definition) is 2. The van der Waals surface area contributed by atoms with E-state index in [-0.39, 0.29) is 0 Å². The quantitative estimate of drug-likeness (QED) is 0.302. The van der Waals surface area contributed by atoms with Gasteiger partial charge in [0, 0.05) is 37.6 Å². The summed E-state index contributed by atoms with van der Waals surface area (Å²) in [5.74, 6) is -0.413. The Hall–Kier alpha value is -4.66. The van der Waals surface area contributed by atoms with Gasteiger partial charge < -0.3 is 20.1 Å². The largest absolute Gasteiger partial charge is 0.497 e. The zero-order valence-electron chi connectivity index (χ0n) is 19.8. The fraction of sp³-hybridized carbons (Fsp3) is 0.333. The number of methoxy groups -OCH3 is 1. The first kappa shape index (κ1) is 27.6. The van der Waals surface area contributed by atoms with Gasteiger partial charge in [-0.2, -0.15) is 0 Å². The molecule has 36 heavy (non-hydrogen) atoms. The Morgan fingerprint density at radius 1 is 0.944 bits per heavy atom. The Balaban J connectivity index is 0.000000261. The van der Waals surface area contributed by atoms with Crippen LogP contribution in [0.2, 0.25) is 0 Å². The molecule has 0 aliphatic carbocycles. The fourth-order valence-corrected chi connectivity index (χ4v) is 3.16. The first-order valence-electron chi connectivity index (χ1n) is 10.7. The van der Waals surface area contributed by atoms with Gasteiger partial charge >= 0.3 is 11.4 Å². The molecule has 0 radical (unpaired) electrons. The molecule has 192 valence electrons. The van der Waals surface area contributed by atoms with Crippen LogP contribution in [-0.4, -0.2) is 68.0 Å². The van der Waals surface area contributed by atoms with Crippen LogP contribution in [0.15, 0.2) is 36.7 Å². The third-order valence-electron chi connectivity index (χ3n) is 5.08. The summed E-state index contributed by atoms with van der Waals surface area (Å²) >= 11 is 0. The maximum atomic E-state index is 10.4. The summed E-state index contributed by atoms with van der Waals surface area (Å²) < 4.78 is 5.31. The number of ether oxygens (including phenoxy) is 1. The molecule has 3 rings (SSSR count). The lowest BCUT2D eigenvalue weighted by Gasteiger charge is -2.19. The van der Waals surface area contributed by atoms with Gasteiger partial charge in [0.25, 0.3) is 11.4 Å². The number of rotatable bonds is 10. The molecular formula is C21H25N7O8. The number of non-ortho nitro benzene ring substituents is 1. The highest BCUT2D eigenvalue weighted by molar-refractivity contribution is 5.89. The third-order valence-corrected chi connectivity index (χ3v) is 5.08. The smallest absolute Gasteiger partial charge is 0.324 e. The van der Waals surface area contributed by atoms with E-state index < -0.39 is 37.6 Å². The standard InChI is InChI=1S/C15H22N4O.C6H3N3O7/c1-4-19(5-2)9-8-17-14-11-12(20-3)10-13-15(14)18-7-6-16-13;10-6-4(8(13)14)1-3(7(11)12)2-5(6)9(15)16/h6-7,10-11,17H,4-5,8-9H2,1-3H3;1-2,10H. The van der Waals surface area contributed by atoms with Crippen molar-refractivity contribution < 1.29 is 24.6 Å². The summed E-state index contributed by atoms with van der Waals surface area (Å²) in [5, 5.41) is 43.7. The van der Waals surface area contributed by atoms with Gasteiger partial charge in [-0.3, -0.25) is 40.3 Å². The highest BCUT2D eigenvalue weighted by atomic mass is 16.6. The van der Waals surface area contributed by atoms with E-state index in [4.69, 9.17) is 9.84 Å². The van der Waals surface area contributed by atoms with E-state index in [0.717, 1.165) is 48.6 Å². The van der Waals surface area contributed by atoms with Crippen LogP contribution in [0.1, 0.15) is 13.8 Å². The average Bonchev–Trinajstić information content (AvgIpc) is 2.86. The number of aromatic hydroxyl groups is 1. The monoisotopic (exact) mass is 503 g/mol. The second-order valence-electron chi connectivity index (χ2n) is 7.16. The van der Waals surface area contributed by atoms with Crippen molar-refractivity contribution in [3.63, 3.8) is 0 Å². The van der Waals surface area contributed by atoms with E-state index in [9.17, 15) is 30.3 Å². The van der Waals surface area contributed by atoms with Crippen LogP contribution in [0.5, 0.6) is 11.5 Å². The molecule has 15 heteroatoms. The number of phenolic OH excluding ortho intramolecular Hbond substituents is 1. The zero-order valence-corrected chi connectivity index (χ0v) is 19.8. The predicted molar refractivity (Wildman–Crippen MR) is 130 cm³/mol. The SMILES string of the molecule is CCN(CC)CCNc1cc(OC)cc2nccnc12.O=[N+]([O-])c1cc([N+](=O)[O-])c(O)c([N+](=O)[O-])c1. The molecule has 0 unspecified atom stereocenters. The lowest BCUT2D eigenvalue weighted by atomic mass is 10.2. The van der Waals surface area contributed by atoms with Crippen LogP contribution >= 0.6 is 0 Å². The van der Waals surface area contributed by atoms with Gasteiger partial charge in [-0.1, -0.05) is 13.8 Å². The molecule has 0 aliphatic heterocycles. The molecule has 0 saturated carbocycles. The number of nitrogens with zero attached hydrogens (tertiary/aromatic N) is 6. The molecular weight excluding hydrogens is 478 g/mol. The first-order valence-corrected chi connectivity index (χ1v) is 10.7. The van der Waals surface area contributed by atoms with Crippen molar-refractivity contribution in [2.24, 2.45) is 0 Å². The molecule has 0 saturated heterocycles. The van der Waals surface area contributed by atoms with Crippen molar-refractivity contribution in [1.29, 1.82) is 0 Å². The van der Waals surface area contributed by atoms with Crippen molar-refractivity contribution in [2.45, 2.75) is 13.8 Å². The number of nitro benzene ring substituents is 3. The predicted octanol–water partition coefficient (Wildman–Crippen LogP) is 3.51. The second-order valence-corrected chi connectivity index (χ2v) is 7.16. The van der Waals surface area contributed by atoms with E-state index in [2.05, 4.69) is 34.0 Å². The third kappa shape index (κ3) is 6.92. The van der Waals surface area contributed by atoms with E-state index in [1.807, 2.05) is 12.1 Å². The molecule has 1 heterocycles. The normalized spacial score (nSPS) is 10.4. The molecule has 3 aromatic rings. The molecule has 0 aliphatic rings. The highest BCUT2D eigenvalue weighted by Crippen LogP contribution is 2.39. The van der Waals surface area contributed by atoms with Crippen LogP contribution in [-0.2, 0) is 0 Å². The molecule has 2 N–H and O–H groups in total. The maximum absolute atomic E-state index is 10.4. The summed E-state index contributed by atoms with van der Waals surface area (Å²) in [6.45, 7) is 8.37. The lowest BCUT2D eigenvalue weighted by molar-refractivity contribution is -0.404. The first-order chi connectivity index (χ1) is 17.1. The second kappa shape index (κ2) is 12.7. The van der Waals surface area contributed by atoms with Crippen molar-refractivity contribution in [2.75, 3.05) is 38.6 Å². The molecule has 0 bridgehead atoms. The molecule has 1 aromatic heterocycles. The summed E-state index contributed by atoms with van der Waals surface area (Å²) in [5.41, 5.74) is -0.303. The van der Waals surface area contributed by atoms with Gasteiger partial charge in [0.1, 0.15) is 11.3 Å². The maximum Gasteiger partial charge on any atom is 0.324 e. The van der Waals surface area contributed by atoms with Gasteiger partial charge in [-0.05, 0) is 13.1 Å². The van der Waals surface area contributed by atoms with Gasteiger partial charge in [0.2, 0.25) is 0 Å². The summed E-state index contributed by atoms with van der Waals surface area (Å²) in [7, 11) is 1.66. The van der Waals surface area contributed by atoms with Gasteiger partial charge in [-0.15, -0.1) is 0 Å².